The second kappa shape index (κ2) is 14.3. The Bertz CT molecular complexity index is 1940. The van der Waals surface area contributed by atoms with Crippen LogP contribution >= 0.6 is 0 Å². The van der Waals surface area contributed by atoms with Crippen molar-refractivity contribution in [2.24, 2.45) is 35.5 Å². The number of carbonyl (C=O) groups excluding carboxylic acids is 2. The summed E-state index contributed by atoms with van der Waals surface area (Å²) in [6.07, 6.45) is 1.37. The first-order chi connectivity index (χ1) is 27.8. The van der Waals surface area contributed by atoms with Gasteiger partial charge in [-0.2, -0.15) is 0 Å². The van der Waals surface area contributed by atoms with Crippen molar-refractivity contribution in [1.29, 1.82) is 0 Å². The molecule has 4 aliphatic heterocycles. The molecule has 4 unspecified atom stereocenters. The molecule has 4 heterocycles. The maximum Gasteiger partial charge on any atom is 0.338 e. The van der Waals surface area contributed by atoms with Crippen LogP contribution in [0.2, 0.25) is 0 Å². The van der Waals surface area contributed by atoms with Gasteiger partial charge in [-0.05, 0) is 66.9 Å². The fourth-order valence-electron chi connectivity index (χ4n) is 12.5. The van der Waals surface area contributed by atoms with Gasteiger partial charge in [-0.15, -0.1) is 0 Å². The molecule has 16 atom stereocenters. The van der Waals surface area contributed by atoms with Crippen LogP contribution < -0.4 is 0 Å². The van der Waals surface area contributed by atoms with E-state index in [4.69, 9.17) is 28.4 Å². The van der Waals surface area contributed by atoms with Gasteiger partial charge in [-0.3, -0.25) is 0 Å². The molecule has 7 fully saturated rings. The van der Waals surface area contributed by atoms with Crippen LogP contribution in [0.3, 0.4) is 0 Å². The van der Waals surface area contributed by atoms with E-state index >= 15 is 0 Å². The molecule has 4 saturated heterocycles. The van der Waals surface area contributed by atoms with Crippen molar-refractivity contribution in [3.8, 4) is 0 Å². The summed E-state index contributed by atoms with van der Waals surface area (Å²) in [6.45, 7) is 9.42. The van der Waals surface area contributed by atoms with E-state index in [1.807, 2.05) is 50.2 Å². The van der Waals surface area contributed by atoms with Crippen molar-refractivity contribution < 1.29 is 58.4 Å². The van der Waals surface area contributed by atoms with E-state index in [2.05, 4.69) is 13.5 Å². The minimum absolute atomic E-state index is 0.0929. The molecule has 12 heteroatoms. The van der Waals surface area contributed by atoms with E-state index in [1.54, 1.807) is 30.3 Å². The lowest BCUT2D eigenvalue weighted by Gasteiger charge is -2.62. The van der Waals surface area contributed by atoms with Gasteiger partial charge in [0.15, 0.2) is 0 Å². The molecule has 2 aromatic rings. The highest BCUT2D eigenvalue weighted by Crippen LogP contribution is 2.75. The molecule has 2 spiro atoms. The molecule has 58 heavy (non-hydrogen) atoms. The quantitative estimate of drug-likeness (QED) is 0.125. The van der Waals surface area contributed by atoms with E-state index < -0.39 is 107 Å². The highest BCUT2D eigenvalue weighted by molar-refractivity contribution is 5.89. The van der Waals surface area contributed by atoms with Gasteiger partial charge in [0.2, 0.25) is 0 Å². The van der Waals surface area contributed by atoms with Crippen LogP contribution in [0, 0.1) is 35.5 Å². The van der Waals surface area contributed by atoms with Gasteiger partial charge >= 0.3 is 17.9 Å². The number of esters is 2. The maximum atomic E-state index is 13.9. The molecule has 0 radical (unpaired) electrons. The molecule has 312 valence electrons. The lowest BCUT2D eigenvalue weighted by atomic mass is 9.51. The molecule has 3 bridgehead atoms. The molecular weight excluding hydrogens is 744 g/mol. The van der Waals surface area contributed by atoms with Crippen LogP contribution in [-0.2, 0) is 33.2 Å². The number of rotatable bonds is 8. The van der Waals surface area contributed by atoms with Gasteiger partial charge < -0.3 is 48.8 Å². The van der Waals surface area contributed by atoms with Crippen LogP contribution in [0.5, 0.6) is 0 Å². The first kappa shape index (κ1) is 40.0. The van der Waals surface area contributed by atoms with Crippen LogP contribution in [-0.4, -0.2) is 104 Å². The number of aliphatic hydroxyl groups excluding tert-OH is 3. The number of ether oxygens (including phenoxy) is 6. The van der Waals surface area contributed by atoms with Gasteiger partial charge in [0.1, 0.15) is 47.3 Å². The number of epoxide rings is 1. The Labute approximate surface area is 339 Å². The molecule has 7 aliphatic rings. The highest BCUT2D eigenvalue weighted by atomic mass is 16.9. The first-order valence-electron chi connectivity index (χ1n) is 21.1. The molecule has 3 saturated carbocycles. The Hall–Kier alpha value is -3.46. The van der Waals surface area contributed by atoms with Crippen molar-refractivity contribution in [1.82, 2.24) is 0 Å². The summed E-state index contributed by atoms with van der Waals surface area (Å²) >= 11 is 0. The standard InChI is InChI=1S/C46H56O12/c1-26(2)42-23-31(24-53-40(50)30-18-12-8-13-19-30)45-35-38(42)56-46(57-42,58-45)32(48)20-14-6-5-9-15-27(3)34-28(4)37(54-33(49)22-21-29-16-10-7-11-17-29)44(52,36(34)45)41(51)43(25-47)39(35)55-43/h7-8,10-13,16-19,21-22,27-28,31-32,34-39,41,47-48,51-52H,1,5-6,9,14-15,20,23-25H2,2-4H3/b22-21+/t27-,28+,31+,32-,34?,35?,36?,37+,38-,39+,41-,42-,43+,44-,45-,46?/m1/s1. The van der Waals surface area contributed by atoms with Crippen molar-refractivity contribution in [2.75, 3.05) is 13.2 Å². The van der Waals surface area contributed by atoms with Gasteiger partial charge in [-0.1, -0.05) is 101 Å². The zero-order chi connectivity index (χ0) is 40.8. The van der Waals surface area contributed by atoms with Crippen molar-refractivity contribution in [2.45, 2.75) is 125 Å². The predicted molar refractivity (Wildman–Crippen MR) is 208 cm³/mol. The summed E-state index contributed by atoms with van der Waals surface area (Å²) in [5.74, 6) is -7.00. The topological polar surface area (TPSA) is 174 Å². The Morgan fingerprint density at radius 1 is 0.931 bits per heavy atom. The monoisotopic (exact) mass is 800 g/mol. The van der Waals surface area contributed by atoms with Gasteiger partial charge in [0.05, 0.1) is 24.4 Å². The summed E-state index contributed by atoms with van der Waals surface area (Å²) in [6, 6.07) is 17.9. The van der Waals surface area contributed by atoms with E-state index in [0.717, 1.165) is 31.2 Å². The summed E-state index contributed by atoms with van der Waals surface area (Å²) in [4.78, 5) is 27.6. The Morgan fingerprint density at radius 3 is 2.31 bits per heavy atom. The van der Waals surface area contributed by atoms with Gasteiger partial charge in [0.25, 0.3) is 0 Å². The lowest BCUT2D eigenvalue weighted by molar-refractivity contribution is -0.459. The third kappa shape index (κ3) is 5.62. The highest BCUT2D eigenvalue weighted by Gasteiger charge is 2.91. The fourth-order valence-corrected chi connectivity index (χ4v) is 12.5. The third-order valence-electron chi connectivity index (χ3n) is 15.1. The largest absolute Gasteiger partial charge is 0.462 e. The van der Waals surface area contributed by atoms with E-state index in [9.17, 15) is 30.0 Å². The number of hydrogen-bond donors (Lipinski definition) is 4. The second-order valence-electron chi connectivity index (χ2n) is 18.2. The molecule has 12 nitrogen and oxygen atoms in total. The third-order valence-corrected chi connectivity index (χ3v) is 15.1. The predicted octanol–water partition coefficient (Wildman–Crippen LogP) is 4.73. The van der Waals surface area contributed by atoms with Crippen molar-refractivity contribution in [3.05, 3.63) is 90.0 Å². The number of aliphatic hydroxyl groups is 4. The van der Waals surface area contributed by atoms with E-state index in [1.165, 1.54) is 6.08 Å². The molecule has 0 amide bonds. The number of hydrogen-bond acceptors (Lipinski definition) is 12. The molecule has 0 aromatic heterocycles. The van der Waals surface area contributed by atoms with Crippen LogP contribution in [0.25, 0.3) is 6.08 Å². The van der Waals surface area contributed by atoms with E-state index in [-0.39, 0.29) is 18.9 Å². The normalized spacial score (nSPS) is 46.2. The van der Waals surface area contributed by atoms with Crippen LogP contribution in [0.4, 0.5) is 0 Å². The minimum atomic E-state index is -2.28. The number of carbonyl (C=O) groups is 2. The summed E-state index contributed by atoms with van der Waals surface area (Å²) in [7, 11) is 0. The summed E-state index contributed by atoms with van der Waals surface area (Å²) in [5, 5.41) is 50.2. The Morgan fingerprint density at radius 2 is 1.62 bits per heavy atom. The molecule has 2 aromatic carbocycles. The molecular formula is C46H56O12. The zero-order valence-corrected chi connectivity index (χ0v) is 33.4. The van der Waals surface area contributed by atoms with Gasteiger partial charge in [0, 0.05) is 23.8 Å². The fraction of sp³-hybridized carbons (Fsp3) is 0.609. The SMILES string of the molecule is C=C(C)[C@]12C[C@@H](COC(=O)c3ccccc3)[C@@]34OC5(O[C@@H]1C3[C@@H]1O[C@]1(CO)[C@@H](O)[C@@]1(O)C4C([C@H](C)CCCCCC[C@H]5O)[C@H](C)[C@@H]1OC(=O)/C=C/c1ccccc1)O2. The molecule has 9 rings (SSSR count). The summed E-state index contributed by atoms with van der Waals surface area (Å²) in [5.41, 5.74) is -5.12. The molecule has 3 aliphatic carbocycles. The lowest BCUT2D eigenvalue weighted by Crippen LogP contribution is -2.75. The Balaban J connectivity index is 1.25. The average molecular weight is 801 g/mol. The maximum absolute atomic E-state index is 13.9. The van der Waals surface area contributed by atoms with Crippen LogP contribution in [0.15, 0.2) is 78.9 Å². The second-order valence-corrected chi connectivity index (χ2v) is 18.2. The van der Waals surface area contributed by atoms with Gasteiger partial charge in [-0.25, -0.2) is 9.59 Å². The average Bonchev–Trinajstić information content (AvgIpc) is 3.86. The summed E-state index contributed by atoms with van der Waals surface area (Å²) < 4.78 is 40.4. The smallest absolute Gasteiger partial charge is 0.338 e. The number of fused-ring (bicyclic) bond motifs is 1. The molecule has 4 N–H and O–H groups in total. The first-order valence-corrected chi connectivity index (χ1v) is 21.1. The zero-order valence-electron chi connectivity index (χ0n) is 33.4. The van der Waals surface area contributed by atoms with Crippen molar-refractivity contribution in [3.63, 3.8) is 0 Å². The van der Waals surface area contributed by atoms with Crippen molar-refractivity contribution >= 4 is 18.0 Å². The minimum Gasteiger partial charge on any atom is -0.462 e. The number of benzene rings is 2. The van der Waals surface area contributed by atoms with E-state index in [0.29, 0.717) is 24.0 Å². The van der Waals surface area contributed by atoms with Crippen LogP contribution in [0.1, 0.15) is 81.6 Å². The Kier molecular flexibility index (Phi) is 9.88.